The summed E-state index contributed by atoms with van der Waals surface area (Å²) >= 11 is 1.83. The zero-order chi connectivity index (χ0) is 11.9. The molecule has 1 aromatic rings. The van der Waals surface area contributed by atoms with Crippen LogP contribution in [0.2, 0.25) is 0 Å². The van der Waals surface area contributed by atoms with Crippen molar-refractivity contribution in [1.82, 2.24) is 10.3 Å². The molecule has 2 fully saturated rings. The summed E-state index contributed by atoms with van der Waals surface area (Å²) < 4.78 is 0. The van der Waals surface area contributed by atoms with Gasteiger partial charge in [0.15, 0.2) is 0 Å². The molecule has 0 spiro atoms. The van der Waals surface area contributed by atoms with E-state index in [1.807, 2.05) is 16.8 Å². The summed E-state index contributed by atoms with van der Waals surface area (Å²) in [6, 6.07) is 0. The van der Waals surface area contributed by atoms with Crippen LogP contribution in [0.15, 0.2) is 5.51 Å². The maximum Gasteiger partial charge on any atom is 0.0797 e. The van der Waals surface area contributed by atoms with Crippen LogP contribution < -0.4 is 5.32 Å². The molecular formula is C14H22N2S. The minimum absolute atomic E-state index is 0.596. The molecule has 0 radical (unpaired) electrons. The third kappa shape index (κ3) is 2.27. The molecule has 0 aromatic carbocycles. The zero-order valence-corrected chi connectivity index (χ0v) is 11.6. The van der Waals surface area contributed by atoms with Gasteiger partial charge in [0.2, 0.25) is 0 Å². The minimum atomic E-state index is 0.596. The van der Waals surface area contributed by atoms with Gasteiger partial charge in [-0.2, -0.15) is 0 Å². The molecule has 0 bridgehead atoms. The van der Waals surface area contributed by atoms with Gasteiger partial charge in [0.25, 0.3) is 0 Å². The number of rotatable bonds is 5. The van der Waals surface area contributed by atoms with Crippen LogP contribution in [0.1, 0.15) is 36.3 Å². The summed E-state index contributed by atoms with van der Waals surface area (Å²) in [6.45, 7) is 3.35. The van der Waals surface area contributed by atoms with Crippen molar-refractivity contribution in [1.29, 1.82) is 0 Å². The fourth-order valence-electron chi connectivity index (χ4n) is 3.76. The van der Waals surface area contributed by atoms with Crippen LogP contribution in [-0.2, 0) is 6.42 Å². The molecule has 3 heteroatoms. The largest absolute Gasteiger partial charge is 0.319 e. The average molecular weight is 250 g/mol. The Bertz CT molecular complexity index is 389. The molecule has 2 aliphatic rings. The van der Waals surface area contributed by atoms with Crippen molar-refractivity contribution in [2.24, 2.45) is 17.3 Å². The Morgan fingerprint density at radius 3 is 2.82 bits per heavy atom. The van der Waals surface area contributed by atoms with Crippen LogP contribution in [0, 0.1) is 24.2 Å². The van der Waals surface area contributed by atoms with E-state index >= 15 is 0 Å². The first-order valence-corrected chi connectivity index (χ1v) is 7.64. The van der Waals surface area contributed by atoms with Crippen LogP contribution in [0.4, 0.5) is 0 Å². The lowest BCUT2D eigenvalue weighted by Crippen LogP contribution is -2.31. The fraction of sp³-hybridized carbons (Fsp3) is 0.786. The van der Waals surface area contributed by atoms with E-state index in [1.165, 1.54) is 49.2 Å². The van der Waals surface area contributed by atoms with E-state index in [0.29, 0.717) is 5.41 Å². The second-order valence-corrected chi connectivity index (χ2v) is 6.99. The fourth-order valence-corrected chi connectivity index (χ4v) is 4.54. The Morgan fingerprint density at radius 2 is 2.24 bits per heavy atom. The molecule has 3 rings (SSSR count). The van der Waals surface area contributed by atoms with Gasteiger partial charge in [-0.15, -0.1) is 11.3 Å². The van der Waals surface area contributed by atoms with E-state index in [1.54, 1.807) is 0 Å². The van der Waals surface area contributed by atoms with Crippen LogP contribution in [0.3, 0.4) is 0 Å². The number of aryl methyl sites for hydroxylation is 2. The van der Waals surface area contributed by atoms with Gasteiger partial charge < -0.3 is 5.32 Å². The van der Waals surface area contributed by atoms with Gasteiger partial charge >= 0.3 is 0 Å². The number of nitrogens with zero attached hydrogens (tertiary/aromatic N) is 1. The van der Waals surface area contributed by atoms with Gasteiger partial charge in [-0.1, -0.05) is 0 Å². The Labute approximate surface area is 108 Å². The van der Waals surface area contributed by atoms with E-state index in [2.05, 4.69) is 24.3 Å². The smallest absolute Gasteiger partial charge is 0.0797 e. The van der Waals surface area contributed by atoms with Crippen LogP contribution in [-0.4, -0.2) is 18.6 Å². The SMILES string of the molecule is CNCC1(CCc2scnc2C)CC2CC2C1. The van der Waals surface area contributed by atoms with Crippen molar-refractivity contribution in [3.05, 3.63) is 16.1 Å². The number of nitrogens with one attached hydrogen (secondary N) is 1. The number of hydrogen-bond donors (Lipinski definition) is 1. The van der Waals surface area contributed by atoms with E-state index in [4.69, 9.17) is 0 Å². The van der Waals surface area contributed by atoms with Crippen molar-refractivity contribution in [3.8, 4) is 0 Å². The van der Waals surface area contributed by atoms with E-state index in [-0.39, 0.29) is 0 Å². The van der Waals surface area contributed by atoms with Gasteiger partial charge in [0, 0.05) is 11.4 Å². The Morgan fingerprint density at radius 1 is 1.47 bits per heavy atom. The topological polar surface area (TPSA) is 24.9 Å². The molecule has 1 aromatic heterocycles. The second-order valence-electron chi connectivity index (χ2n) is 6.06. The number of hydrogen-bond acceptors (Lipinski definition) is 3. The van der Waals surface area contributed by atoms with Gasteiger partial charge in [0.05, 0.1) is 11.2 Å². The molecular weight excluding hydrogens is 228 g/mol. The lowest BCUT2D eigenvalue weighted by Gasteiger charge is -2.30. The van der Waals surface area contributed by atoms with Gasteiger partial charge in [-0.3, -0.25) is 0 Å². The first kappa shape index (κ1) is 11.7. The highest BCUT2D eigenvalue weighted by atomic mass is 32.1. The lowest BCUT2D eigenvalue weighted by atomic mass is 9.78. The molecule has 0 aliphatic heterocycles. The third-order valence-electron chi connectivity index (χ3n) is 4.74. The molecule has 1 N–H and O–H groups in total. The molecule has 17 heavy (non-hydrogen) atoms. The maximum absolute atomic E-state index is 4.36. The number of aromatic nitrogens is 1. The molecule has 0 amide bonds. The maximum atomic E-state index is 4.36. The summed E-state index contributed by atoms with van der Waals surface area (Å²) in [4.78, 5) is 5.86. The van der Waals surface area contributed by atoms with Gasteiger partial charge in [-0.05, 0) is 63.3 Å². The van der Waals surface area contributed by atoms with Crippen molar-refractivity contribution >= 4 is 11.3 Å². The Hall–Kier alpha value is -0.410. The molecule has 0 saturated heterocycles. The van der Waals surface area contributed by atoms with Crippen LogP contribution in [0.5, 0.6) is 0 Å². The molecule has 2 aliphatic carbocycles. The van der Waals surface area contributed by atoms with E-state index < -0.39 is 0 Å². The lowest BCUT2D eigenvalue weighted by molar-refractivity contribution is 0.237. The molecule has 1 heterocycles. The Balaban J connectivity index is 1.63. The zero-order valence-electron chi connectivity index (χ0n) is 10.8. The second kappa shape index (κ2) is 4.36. The molecule has 2 nitrogen and oxygen atoms in total. The van der Waals surface area contributed by atoms with Crippen molar-refractivity contribution in [2.75, 3.05) is 13.6 Å². The number of fused-ring (bicyclic) bond motifs is 1. The summed E-state index contributed by atoms with van der Waals surface area (Å²) in [5, 5.41) is 3.42. The number of thiazole rings is 1. The standard InChI is InChI=1S/C14H22N2S/c1-10-13(17-9-16-10)3-4-14(8-15-2)6-11-5-12(11)7-14/h9,11-12,15H,3-8H2,1-2H3. The minimum Gasteiger partial charge on any atom is -0.319 e. The first-order valence-electron chi connectivity index (χ1n) is 6.76. The molecule has 94 valence electrons. The predicted octanol–water partition coefficient (Wildman–Crippen LogP) is 3.02. The monoisotopic (exact) mass is 250 g/mol. The molecule has 2 atom stereocenters. The summed E-state index contributed by atoms with van der Waals surface area (Å²) in [5.41, 5.74) is 3.83. The highest BCUT2D eigenvalue weighted by Crippen LogP contribution is 2.61. The molecule has 2 saturated carbocycles. The average Bonchev–Trinajstić information content (AvgIpc) is 2.73. The highest BCUT2D eigenvalue weighted by molar-refractivity contribution is 7.09. The van der Waals surface area contributed by atoms with Crippen LogP contribution in [0.25, 0.3) is 0 Å². The van der Waals surface area contributed by atoms with Crippen molar-refractivity contribution in [2.45, 2.75) is 39.0 Å². The quantitative estimate of drug-likeness (QED) is 0.869. The first-order chi connectivity index (χ1) is 8.22. The predicted molar refractivity (Wildman–Crippen MR) is 72.4 cm³/mol. The van der Waals surface area contributed by atoms with Gasteiger partial charge in [0.1, 0.15) is 0 Å². The van der Waals surface area contributed by atoms with Crippen molar-refractivity contribution in [3.63, 3.8) is 0 Å². The normalized spacial score (nSPS) is 34.9. The summed E-state index contributed by atoms with van der Waals surface area (Å²) in [7, 11) is 2.10. The highest BCUT2D eigenvalue weighted by Gasteiger charge is 2.52. The summed E-state index contributed by atoms with van der Waals surface area (Å²) in [5.74, 6) is 2.15. The van der Waals surface area contributed by atoms with Crippen molar-refractivity contribution < 1.29 is 0 Å². The Kier molecular flexibility index (Phi) is 2.99. The van der Waals surface area contributed by atoms with E-state index in [0.717, 1.165) is 11.8 Å². The van der Waals surface area contributed by atoms with Crippen LogP contribution >= 0.6 is 11.3 Å². The summed E-state index contributed by atoms with van der Waals surface area (Å²) in [6.07, 6.45) is 7.04. The third-order valence-corrected chi connectivity index (χ3v) is 5.73. The van der Waals surface area contributed by atoms with E-state index in [9.17, 15) is 0 Å². The van der Waals surface area contributed by atoms with Gasteiger partial charge in [-0.25, -0.2) is 4.98 Å². The molecule has 2 unspecified atom stereocenters.